The molecule has 4 nitrogen and oxygen atoms in total. The van der Waals surface area contributed by atoms with Gasteiger partial charge in [-0.05, 0) is 12.1 Å². The van der Waals surface area contributed by atoms with Crippen LogP contribution in [-0.4, -0.2) is 16.7 Å². The van der Waals surface area contributed by atoms with Gasteiger partial charge in [0.1, 0.15) is 6.73 Å². The topological polar surface area (TPSA) is 61.0 Å². The third-order valence-electron chi connectivity index (χ3n) is 2.33. The quantitative estimate of drug-likeness (QED) is 0.869. The van der Waals surface area contributed by atoms with Crippen molar-refractivity contribution < 1.29 is 17.9 Å². The highest BCUT2D eigenvalue weighted by atomic mass is 19.4. The molecule has 2 N–H and O–H groups in total. The number of nitrogens with two attached hydrogens (primary N) is 1. The van der Waals surface area contributed by atoms with Crippen molar-refractivity contribution >= 4 is 0 Å². The lowest BCUT2D eigenvalue weighted by Gasteiger charge is -2.08. The summed E-state index contributed by atoms with van der Waals surface area (Å²) in [5.41, 5.74) is 4.72. The van der Waals surface area contributed by atoms with Gasteiger partial charge in [0, 0.05) is 5.56 Å². The van der Waals surface area contributed by atoms with Crippen molar-refractivity contribution in [3.05, 3.63) is 42.2 Å². The van der Waals surface area contributed by atoms with E-state index in [1.54, 1.807) is 0 Å². The standard InChI is InChI=1S/C12H10F3N3O/c13-12(14,15)9-3-1-2-8(4-9)11-17-5-10(6-18-11)19-7-16/h1-6H,7,16H2. The van der Waals surface area contributed by atoms with Gasteiger partial charge in [0.05, 0.1) is 18.0 Å². The minimum Gasteiger partial charge on any atom is -0.475 e. The Morgan fingerprint density at radius 3 is 2.42 bits per heavy atom. The summed E-state index contributed by atoms with van der Waals surface area (Å²) in [6.07, 6.45) is -1.68. The Morgan fingerprint density at radius 1 is 1.16 bits per heavy atom. The van der Waals surface area contributed by atoms with E-state index in [4.69, 9.17) is 10.5 Å². The van der Waals surface area contributed by atoms with Gasteiger partial charge in [0.2, 0.25) is 0 Å². The molecule has 0 aliphatic carbocycles. The van der Waals surface area contributed by atoms with Crippen molar-refractivity contribution in [2.45, 2.75) is 6.18 Å². The molecular formula is C12H10F3N3O. The van der Waals surface area contributed by atoms with Crippen LogP contribution in [0.1, 0.15) is 5.56 Å². The second-order valence-corrected chi connectivity index (χ2v) is 3.63. The average molecular weight is 269 g/mol. The molecule has 0 radical (unpaired) electrons. The van der Waals surface area contributed by atoms with E-state index in [0.29, 0.717) is 5.75 Å². The van der Waals surface area contributed by atoms with Crippen LogP contribution in [0.25, 0.3) is 11.4 Å². The van der Waals surface area contributed by atoms with Gasteiger partial charge < -0.3 is 4.74 Å². The van der Waals surface area contributed by atoms with Crippen LogP contribution in [0.4, 0.5) is 13.2 Å². The Labute approximate surface area is 107 Å². The number of ether oxygens (including phenoxy) is 1. The number of hydrogen-bond acceptors (Lipinski definition) is 4. The molecule has 1 heterocycles. The summed E-state index contributed by atoms with van der Waals surface area (Å²) in [5.74, 6) is 0.550. The van der Waals surface area contributed by atoms with Gasteiger partial charge in [-0.15, -0.1) is 0 Å². The highest BCUT2D eigenvalue weighted by Crippen LogP contribution is 2.31. The van der Waals surface area contributed by atoms with E-state index in [1.807, 2.05) is 0 Å². The molecule has 0 fully saturated rings. The SMILES string of the molecule is NCOc1cnc(-c2cccc(C(F)(F)F)c2)nc1. The van der Waals surface area contributed by atoms with Crippen molar-refractivity contribution in [2.24, 2.45) is 5.73 Å². The zero-order valence-corrected chi connectivity index (χ0v) is 9.69. The Bertz CT molecular complexity index is 555. The number of nitrogens with zero attached hydrogens (tertiary/aromatic N) is 2. The predicted octanol–water partition coefficient (Wildman–Crippen LogP) is 2.46. The van der Waals surface area contributed by atoms with Crippen LogP contribution >= 0.6 is 0 Å². The molecule has 0 unspecified atom stereocenters. The normalized spacial score (nSPS) is 11.4. The molecule has 7 heteroatoms. The van der Waals surface area contributed by atoms with Gasteiger partial charge in [-0.1, -0.05) is 12.1 Å². The number of aromatic nitrogens is 2. The van der Waals surface area contributed by atoms with E-state index in [1.165, 1.54) is 24.5 Å². The Hall–Kier alpha value is -2.15. The molecule has 2 rings (SSSR count). The van der Waals surface area contributed by atoms with E-state index in [-0.39, 0.29) is 18.1 Å². The van der Waals surface area contributed by atoms with Gasteiger partial charge in [-0.2, -0.15) is 13.2 Å². The van der Waals surface area contributed by atoms with Crippen LogP contribution in [0, 0.1) is 0 Å². The fraction of sp³-hybridized carbons (Fsp3) is 0.167. The highest BCUT2D eigenvalue weighted by Gasteiger charge is 2.30. The van der Waals surface area contributed by atoms with E-state index in [9.17, 15) is 13.2 Å². The molecular weight excluding hydrogens is 259 g/mol. The van der Waals surface area contributed by atoms with Crippen LogP contribution in [0.15, 0.2) is 36.7 Å². The van der Waals surface area contributed by atoms with Gasteiger partial charge in [-0.25, -0.2) is 9.97 Å². The maximum Gasteiger partial charge on any atom is 0.416 e. The van der Waals surface area contributed by atoms with Gasteiger partial charge in [0.25, 0.3) is 0 Å². The molecule has 0 saturated heterocycles. The zero-order chi connectivity index (χ0) is 13.9. The molecule has 0 atom stereocenters. The lowest BCUT2D eigenvalue weighted by Crippen LogP contribution is -2.08. The maximum atomic E-state index is 12.6. The zero-order valence-electron chi connectivity index (χ0n) is 9.69. The molecule has 1 aromatic heterocycles. The van der Waals surface area contributed by atoms with Crippen molar-refractivity contribution in [3.8, 4) is 17.1 Å². The Balaban J connectivity index is 2.31. The predicted molar refractivity (Wildman–Crippen MR) is 62.2 cm³/mol. The highest BCUT2D eigenvalue weighted by molar-refractivity contribution is 5.56. The summed E-state index contributed by atoms with van der Waals surface area (Å²) >= 11 is 0. The van der Waals surface area contributed by atoms with Crippen LogP contribution in [-0.2, 0) is 6.18 Å². The van der Waals surface area contributed by atoms with Crippen LogP contribution in [0.3, 0.4) is 0 Å². The maximum absolute atomic E-state index is 12.6. The van der Waals surface area contributed by atoms with Crippen molar-refractivity contribution in [3.63, 3.8) is 0 Å². The first-order valence-corrected chi connectivity index (χ1v) is 5.33. The van der Waals surface area contributed by atoms with Gasteiger partial charge in [-0.3, -0.25) is 5.73 Å². The van der Waals surface area contributed by atoms with Gasteiger partial charge >= 0.3 is 6.18 Å². The van der Waals surface area contributed by atoms with Crippen molar-refractivity contribution in [1.82, 2.24) is 9.97 Å². The van der Waals surface area contributed by atoms with E-state index in [2.05, 4.69) is 9.97 Å². The average Bonchev–Trinajstić information content (AvgIpc) is 2.39. The van der Waals surface area contributed by atoms with Crippen LogP contribution < -0.4 is 10.5 Å². The summed E-state index contributed by atoms with van der Waals surface area (Å²) in [4.78, 5) is 7.86. The molecule has 0 bridgehead atoms. The monoisotopic (exact) mass is 269 g/mol. The van der Waals surface area contributed by atoms with Crippen molar-refractivity contribution in [1.29, 1.82) is 0 Å². The lowest BCUT2D eigenvalue weighted by molar-refractivity contribution is -0.137. The molecule has 0 spiro atoms. The first-order valence-electron chi connectivity index (χ1n) is 5.33. The largest absolute Gasteiger partial charge is 0.475 e. The summed E-state index contributed by atoms with van der Waals surface area (Å²) in [5, 5.41) is 0. The third-order valence-corrected chi connectivity index (χ3v) is 2.33. The molecule has 0 aliphatic heterocycles. The van der Waals surface area contributed by atoms with Crippen LogP contribution in [0.5, 0.6) is 5.75 Å². The number of hydrogen-bond donors (Lipinski definition) is 1. The minimum atomic E-state index is -4.39. The minimum absolute atomic E-state index is 0.0216. The van der Waals surface area contributed by atoms with Gasteiger partial charge in [0.15, 0.2) is 11.6 Å². The Kier molecular flexibility index (Phi) is 3.66. The molecule has 0 aliphatic rings. The molecule has 0 saturated carbocycles. The lowest BCUT2D eigenvalue weighted by atomic mass is 10.1. The summed E-state index contributed by atoms with van der Waals surface area (Å²) < 4.78 is 42.7. The second kappa shape index (κ2) is 5.23. The molecule has 100 valence electrons. The molecule has 1 aromatic carbocycles. The van der Waals surface area contributed by atoms with Crippen LogP contribution in [0.2, 0.25) is 0 Å². The number of halogens is 3. The fourth-order valence-corrected chi connectivity index (χ4v) is 1.47. The number of benzene rings is 1. The molecule has 19 heavy (non-hydrogen) atoms. The second-order valence-electron chi connectivity index (χ2n) is 3.63. The Morgan fingerprint density at radius 2 is 1.84 bits per heavy atom. The number of alkyl halides is 3. The van der Waals surface area contributed by atoms with E-state index >= 15 is 0 Å². The number of rotatable bonds is 3. The smallest absolute Gasteiger partial charge is 0.416 e. The van der Waals surface area contributed by atoms with E-state index < -0.39 is 11.7 Å². The van der Waals surface area contributed by atoms with Crippen molar-refractivity contribution in [2.75, 3.05) is 6.73 Å². The summed E-state index contributed by atoms with van der Waals surface area (Å²) in [6, 6.07) is 4.81. The molecule has 0 amide bonds. The third kappa shape index (κ3) is 3.19. The van der Waals surface area contributed by atoms with E-state index in [0.717, 1.165) is 12.1 Å². The first kappa shape index (κ1) is 13.3. The first-order chi connectivity index (χ1) is 9.00. The summed E-state index contributed by atoms with van der Waals surface area (Å²) in [7, 11) is 0. The summed E-state index contributed by atoms with van der Waals surface area (Å²) in [6.45, 7) is -0.0216. The fourth-order valence-electron chi connectivity index (χ4n) is 1.47. The molecule has 2 aromatic rings.